The Morgan fingerprint density at radius 1 is 1.16 bits per heavy atom. The summed E-state index contributed by atoms with van der Waals surface area (Å²) < 4.78 is 52.1. The van der Waals surface area contributed by atoms with Crippen LogP contribution in [0.5, 0.6) is 0 Å². The van der Waals surface area contributed by atoms with Gasteiger partial charge in [0.1, 0.15) is 5.82 Å². The number of amides is 1. The Kier molecular flexibility index (Phi) is 9.76. The summed E-state index contributed by atoms with van der Waals surface area (Å²) in [5.74, 6) is -3.44. The molecule has 1 aliphatic rings. The molecule has 3 atom stereocenters. The van der Waals surface area contributed by atoms with Crippen molar-refractivity contribution in [1.29, 1.82) is 0 Å². The second-order valence-electron chi connectivity index (χ2n) is 9.18. The van der Waals surface area contributed by atoms with Crippen molar-refractivity contribution in [2.45, 2.75) is 37.5 Å². The molecular formula is C27H29F4N3O4. The van der Waals surface area contributed by atoms with E-state index in [9.17, 15) is 37.1 Å². The predicted octanol–water partition coefficient (Wildman–Crippen LogP) is 3.46. The van der Waals surface area contributed by atoms with Gasteiger partial charge in [-0.05, 0) is 30.7 Å². The molecule has 2 aromatic carbocycles. The summed E-state index contributed by atoms with van der Waals surface area (Å²) in [5, 5.41) is 15.0. The average molecular weight is 536 g/mol. The van der Waals surface area contributed by atoms with Crippen molar-refractivity contribution in [2.24, 2.45) is 0 Å². The van der Waals surface area contributed by atoms with Crippen molar-refractivity contribution in [2.75, 3.05) is 26.2 Å². The number of aliphatic carboxylic acids is 1. The number of nitrogens with zero attached hydrogens (tertiary/aromatic N) is 1. The highest BCUT2D eigenvalue weighted by atomic mass is 19.4. The van der Waals surface area contributed by atoms with E-state index in [2.05, 4.69) is 10.6 Å². The van der Waals surface area contributed by atoms with Crippen molar-refractivity contribution in [1.82, 2.24) is 15.5 Å². The van der Waals surface area contributed by atoms with Crippen LogP contribution < -0.4 is 10.6 Å². The number of benzene rings is 2. The SMILES string of the molecule is C[C@@H]1CNCC(C(=O)CNC(=O)/C=C/c2ccc(C(F)(F)F)cc2F)N1C[C@@H](CC(=O)O)c1ccccc1. The van der Waals surface area contributed by atoms with E-state index in [4.69, 9.17) is 0 Å². The van der Waals surface area contributed by atoms with Crippen LogP contribution in [0, 0.1) is 5.82 Å². The maximum atomic E-state index is 14.0. The lowest BCUT2D eigenvalue weighted by Crippen LogP contribution is -2.61. The molecule has 11 heteroatoms. The van der Waals surface area contributed by atoms with Crippen molar-refractivity contribution < 1.29 is 37.1 Å². The summed E-state index contributed by atoms with van der Waals surface area (Å²) >= 11 is 0. The number of halogens is 4. The number of carbonyl (C=O) groups is 3. The van der Waals surface area contributed by atoms with Gasteiger partial charge >= 0.3 is 12.1 Å². The fourth-order valence-electron chi connectivity index (χ4n) is 4.41. The monoisotopic (exact) mass is 535 g/mol. The number of hydrogen-bond donors (Lipinski definition) is 3. The van der Waals surface area contributed by atoms with Gasteiger partial charge in [-0.15, -0.1) is 0 Å². The summed E-state index contributed by atoms with van der Waals surface area (Å²) in [5.41, 5.74) is -0.498. The fourth-order valence-corrected chi connectivity index (χ4v) is 4.41. The number of carboxylic acid groups (broad SMARTS) is 1. The minimum atomic E-state index is -4.69. The highest BCUT2D eigenvalue weighted by Gasteiger charge is 2.35. The summed E-state index contributed by atoms with van der Waals surface area (Å²) in [6.07, 6.45) is -2.82. The Morgan fingerprint density at radius 2 is 1.87 bits per heavy atom. The average Bonchev–Trinajstić information content (AvgIpc) is 2.86. The molecular weight excluding hydrogens is 506 g/mol. The molecule has 1 aliphatic heterocycles. The van der Waals surface area contributed by atoms with Crippen LogP contribution in [0.15, 0.2) is 54.6 Å². The zero-order valence-corrected chi connectivity index (χ0v) is 20.7. The zero-order valence-electron chi connectivity index (χ0n) is 20.7. The molecule has 0 aromatic heterocycles. The quantitative estimate of drug-likeness (QED) is 0.319. The molecule has 7 nitrogen and oxygen atoms in total. The van der Waals surface area contributed by atoms with Gasteiger partial charge in [0.15, 0.2) is 5.78 Å². The molecule has 0 bridgehead atoms. The number of nitrogens with one attached hydrogen (secondary N) is 2. The van der Waals surface area contributed by atoms with E-state index in [1.54, 1.807) is 0 Å². The molecule has 1 heterocycles. The van der Waals surface area contributed by atoms with Gasteiger partial charge in [0.25, 0.3) is 0 Å². The lowest BCUT2D eigenvalue weighted by Gasteiger charge is -2.42. The Hall–Kier alpha value is -3.57. The molecule has 0 spiro atoms. The maximum Gasteiger partial charge on any atom is 0.416 e. The molecule has 1 amide bonds. The molecule has 1 saturated heterocycles. The second-order valence-corrected chi connectivity index (χ2v) is 9.18. The molecule has 1 fully saturated rings. The number of carbonyl (C=O) groups excluding carboxylic acids is 2. The number of alkyl halides is 3. The van der Waals surface area contributed by atoms with Gasteiger partial charge in [-0.25, -0.2) is 4.39 Å². The Morgan fingerprint density at radius 3 is 2.50 bits per heavy atom. The summed E-state index contributed by atoms with van der Waals surface area (Å²) in [7, 11) is 0. The summed E-state index contributed by atoms with van der Waals surface area (Å²) in [4.78, 5) is 38.7. The van der Waals surface area contributed by atoms with E-state index in [0.29, 0.717) is 31.8 Å². The highest BCUT2D eigenvalue weighted by Crippen LogP contribution is 2.30. The van der Waals surface area contributed by atoms with Crippen molar-refractivity contribution in [3.8, 4) is 0 Å². The minimum Gasteiger partial charge on any atom is -0.481 e. The molecule has 0 saturated carbocycles. The number of Topliss-reactive ketones (excluding diaryl/α,β-unsaturated/α-hetero) is 1. The van der Waals surface area contributed by atoms with E-state index in [1.807, 2.05) is 42.2 Å². The van der Waals surface area contributed by atoms with Crippen molar-refractivity contribution in [3.05, 3.63) is 77.1 Å². The standard InChI is InChI=1S/C27H29F4N3O4/c1-17-13-32-14-23(34(17)16-20(11-26(37)38)18-5-3-2-4-6-18)24(35)15-33-25(36)10-8-19-7-9-21(12-22(19)28)27(29,30)31/h2-10,12,17,20,23,32H,11,13-16H2,1H3,(H,33,36)(H,37,38)/b10-8+/t17-,20-,23?/m1/s1. The Labute approximate surface area is 217 Å². The van der Waals surface area contributed by atoms with Crippen LogP contribution in [0.2, 0.25) is 0 Å². The van der Waals surface area contributed by atoms with Gasteiger partial charge in [0, 0.05) is 43.2 Å². The lowest BCUT2D eigenvalue weighted by atomic mass is 9.92. The molecule has 0 radical (unpaired) electrons. The number of rotatable bonds is 10. The third-order valence-corrected chi connectivity index (χ3v) is 6.42. The van der Waals surface area contributed by atoms with Crippen LogP contribution in [0.25, 0.3) is 6.08 Å². The normalized spacial score (nSPS) is 19.3. The first-order valence-electron chi connectivity index (χ1n) is 12.0. The summed E-state index contributed by atoms with van der Waals surface area (Å²) in [6.45, 7) is 2.85. The van der Waals surface area contributed by atoms with Crippen LogP contribution >= 0.6 is 0 Å². The van der Waals surface area contributed by atoms with Gasteiger partial charge in [-0.1, -0.05) is 36.4 Å². The van der Waals surface area contributed by atoms with E-state index in [-0.39, 0.29) is 36.3 Å². The third-order valence-electron chi connectivity index (χ3n) is 6.42. The Bertz CT molecular complexity index is 1170. The van der Waals surface area contributed by atoms with E-state index >= 15 is 0 Å². The predicted molar refractivity (Wildman–Crippen MR) is 133 cm³/mol. The molecule has 38 heavy (non-hydrogen) atoms. The maximum absolute atomic E-state index is 14.0. The van der Waals surface area contributed by atoms with Crippen LogP contribution in [0.3, 0.4) is 0 Å². The molecule has 2 aromatic rings. The van der Waals surface area contributed by atoms with Gasteiger partial charge in [-0.3, -0.25) is 19.3 Å². The summed E-state index contributed by atoms with van der Waals surface area (Å²) in [6, 6.07) is 10.5. The highest BCUT2D eigenvalue weighted by molar-refractivity contribution is 5.96. The zero-order chi connectivity index (χ0) is 27.9. The van der Waals surface area contributed by atoms with E-state index in [1.165, 1.54) is 0 Å². The van der Waals surface area contributed by atoms with E-state index < -0.39 is 35.5 Å². The van der Waals surface area contributed by atoms with Gasteiger partial charge in [0.2, 0.25) is 5.91 Å². The van der Waals surface area contributed by atoms with Crippen LogP contribution in [0.1, 0.15) is 36.0 Å². The molecule has 1 unspecified atom stereocenters. The molecule has 0 aliphatic carbocycles. The largest absolute Gasteiger partial charge is 0.481 e. The van der Waals surface area contributed by atoms with Crippen LogP contribution in [-0.4, -0.2) is 65.9 Å². The second kappa shape index (κ2) is 12.8. The lowest BCUT2D eigenvalue weighted by molar-refractivity contribution is -0.138. The molecule has 3 rings (SSSR count). The number of carboxylic acids is 1. The first kappa shape index (κ1) is 29.0. The van der Waals surface area contributed by atoms with Gasteiger partial charge < -0.3 is 15.7 Å². The molecule has 3 N–H and O–H groups in total. The number of piperazine rings is 1. The van der Waals surface area contributed by atoms with Crippen molar-refractivity contribution >= 4 is 23.7 Å². The first-order valence-corrected chi connectivity index (χ1v) is 12.0. The fraction of sp³-hybridized carbons (Fsp3) is 0.370. The van der Waals surface area contributed by atoms with Gasteiger partial charge in [0.05, 0.1) is 24.6 Å². The van der Waals surface area contributed by atoms with Crippen LogP contribution in [0.4, 0.5) is 17.6 Å². The number of ketones is 1. The Balaban J connectivity index is 1.64. The number of hydrogen-bond acceptors (Lipinski definition) is 5. The minimum absolute atomic E-state index is 0.0732. The topological polar surface area (TPSA) is 98.7 Å². The van der Waals surface area contributed by atoms with Crippen molar-refractivity contribution in [3.63, 3.8) is 0 Å². The first-order chi connectivity index (χ1) is 18.0. The molecule has 204 valence electrons. The smallest absolute Gasteiger partial charge is 0.416 e. The van der Waals surface area contributed by atoms with Gasteiger partial charge in [-0.2, -0.15) is 13.2 Å². The third kappa shape index (κ3) is 7.96. The van der Waals surface area contributed by atoms with Crippen LogP contribution in [-0.2, 0) is 20.6 Å². The van der Waals surface area contributed by atoms with E-state index in [0.717, 1.165) is 23.8 Å².